The number of rotatable bonds is 3. The standard InChI is InChI=1S/C12H19NOS/c1-8-6-7-12(15-8)9(2)13-10-4-3-5-11(10)14/h6-7,9-11,13-14H,3-5H2,1-2H3/t9?,10-,11-/m0/s1. The van der Waals surface area contributed by atoms with Crippen LogP contribution in [-0.2, 0) is 0 Å². The first-order valence-corrected chi connectivity index (χ1v) is 6.49. The molecule has 1 aromatic rings. The summed E-state index contributed by atoms with van der Waals surface area (Å²) in [6.07, 6.45) is 3.06. The highest BCUT2D eigenvalue weighted by molar-refractivity contribution is 7.12. The Hall–Kier alpha value is -0.380. The zero-order chi connectivity index (χ0) is 10.8. The van der Waals surface area contributed by atoms with Crippen LogP contribution in [-0.4, -0.2) is 17.3 Å². The molecule has 0 amide bonds. The van der Waals surface area contributed by atoms with Gasteiger partial charge in [-0.2, -0.15) is 0 Å². The van der Waals surface area contributed by atoms with Crippen LogP contribution >= 0.6 is 11.3 Å². The van der Waals surface area contributed by atoms with Gasteiger partial charge in [-0.05, 0) is 45.2 Å². The smallest absolute Gasteiger partial charge is 0.0693 e. The number of hydrogen-bond acceptors (Lipinski definition) is 3. The van der Waals surface area contributed by atoms with Crippen LogP contribution in [0.15, 0.2) is 12.1 Å². The summed E-state index contributed by atoms with van der Waals surface area (Å²) in [5, 5.41) is 13.2. The predicted octanol–water partition coefficient (Wildman–Crippen LogP) is 2.62. The molecule has 1 aromatic heterocycles. The van der Waals surface area contributed by atoms with Crippen LogP contribution in [0.3, 0.4) is 0 Å². The largest absolute Gasteiger partial charge is 0.392 e. The van der Waals surface area contributed by atoms with Gasteiger partial charge in [-0.15, -0.1) is 11.3 Å². The highest BCUT2D eigenvalue weighted by atomic mass is 32.1. The van der Waals surface area contributed by atoms with E-state index in [-0.39, 0.29) is 6.10 Å². The molecule has 0 spiro atoms. The Kier molecular flexibility index (Phi) is 3.44. The maximum atomic E-state index is 9.73. The molecule has 0 aromatic carbocycles. The second-order valence-electron chi connectivity index (χ2n) is 4.44. The van der Waals surface area contributed by atoms with Gasteiger partial charge in [0.2, 0.25) is 0 Å². The fraction of sp³-hybridized carbons (Fsp3) is 0.667. The van der Waals surface area contributed by atoms with Gasteiger partial charge in [0.05, 0.1) is 6.10 Å². The van der Waals surface area contributed by atoms with Gasteiger partial charge in [0.1, 0.15) is 0 Å². The van der Waals surface area contributed by atoms with Crippen molar-refractivity contribution in [1.82, 2.24) is 5.32 Å². The number of aryl methyl sites for hydroxylation is 1. The zero-order valence-electron chi connectivity index (χ0n) is 9.36. The van der Waals surface area contributed by atoms with Gasteiger partial charge in [-0.25, -0.2) is 0 Å². The molecular formula is C12H19NOS. The average molecular weight is 225 g/mol. The van der Waals surface area contributed by atoms with E-state index in [0.717, 1.165) is 19.3 Å². The van der Waals surface area contributed by atoms with Gasteiger partial charge in [-0.1, -0.05) is 0 Å². The quantitative estimate of drug-likeness (QED) is 0.829. The molecule has 15 heavy (non-hydrogen) atoms. The number of thiophene rings is 1. The molecule has 1 fully saturated rings. The van der Waals surface area contributed by atoms with Gasteiger partial charge in [-0.3, -0.25) is 0 Å². The van der Waals surface area contributed by atoms with Crippen molar-refractivity contribution in [2.24, 2.45) is 0 Å². The van der Waals surface area contributed by atoms with Crippen molar-refractivity contribution in [3.8, 4) is 0 Å². The Labute approximate surface area is 95.3 Å². The van der Waals surface area contributed by atoms with Crippen molar-refractivity contribution < 1.29 is 5.11 Å². The lowest BCUT2D eigenvalue weighted by atomic mass is 10.1. The van der Waals surface area contributed by atoms with Crippen molar-refractivity contribution in [3.05, 3.63) is 21.9 Å². The molecule has 2 N–H and O–H groups in total. The molecule has 1 aliphatic rings. The van der Waals surface area contributed by atoms with Crippen molar-refractivity contribution in [1.29, 1.82) is 0 Å². The first kappa shape index (κ1) is 11.1. The molecule has 84 valence electrons. The van der Waals surface area contributed by atoms with Crippen LogP contribution in [0.25, 0.3) is 0 Å². The molecule has 1 heterocycles. The van der Waals surface area contributed by atoms with Gasteiger partial charge < -0.3 is 10.4 Å². The number of aliphatic hydroxyl groups excluding tert-OH is 1. The van der Waals surface area contributed by atoms with Crippen LogP contribution in [0.4, 0.5) is 0 Å². The lowest BCUT2D eigenvalue weighted by Gasteiger charge is -2.21. The van der Waals surface area contributed by atoms with Crippen LogP contribution in [0.2, 0.25) is 0 Å². The second-order valence-corrected chi connectivity index (χ2v) is 5.76. The minimum absolute atomic E-state index is 0.145. The monoisotopic (exact) mass is 225 g/mol. The van der Waals surface area contributed by atoms with Crippen molar-refractivity contribution in [3.63, 3.8) is 0 Å². The van der Waals surface area contributed by atoms with E-state index in [9.17, 15) is 5.11 Å². The van der Waals surface area contributed by atoms with Gasteiger partial charge in [0, 0.05) is 21.8 Å². The molecule has 0 aliphatic heterocycles. The molecule has 2 rings (SSSR count). The molecule has 3 atom stereocenters. The van der Waals surface area contributed by atoms with E-state index < -0.39 is 0 Å². The molecule has 0 saturated heterocycles. The molecule has 1 saturated carbocycles. The first-order chi connectivity index (χ1) is 7.16. The number of nitrogens with one attached hydrogen (secondary N) is 1. The van der Waals surface area contributed by atoms with E-state index in [1.165, 1.54) is 9.75 Å². The predicted molar refractivity (Wildman–Crippen MR) is 64.3 cm³/mol. The van der Waals surface area contributed by atoms with Crippen molar-refractivity contribution in [2.45, 2.75) is 51.3 Å². The van der Waals surface area contributed by atoms with Crippen LogP contribution in [0, 0.1) is 6.92 Å². The van der Waals surface area contributed by atoms with Crippen molar-refractivity contribution >= 4 is 11.3 Å². The Morgan fingerprint density at radius 3 is 2.80 bits per heavy atom. The maximum absolute atomic E-state index is 9.73. The van der Waals surface area contributed by atoms with E-state index in [1.54, 1.807) is 0 Å². The Bertz CT molecular complexity index is 323. The Morgan fingerprint density at radius 2 is 2.27 bits per heavy atom. The fourth-order valence-corrected chi connectivity index (χ4v) is 3.11. The normalized spacial score (nSPS) is 28.2. The van der Waals surface area contributed by atoms with Crippen LogP contribution < -0.4 is 5.32 Å². The summed E-state index contributed by atoms with van der Waals surface area (Å²) in [6, 6.07) is 4.99. The van der Waals surface area contributed by atoms with Gasteiger partial charge in [0.15, 0.2) is 0 Å². The molecule has 2 nitrogen and oxygen atoms in total. The summed E-state index contributed by atoms with van der Waals surface area (Å²) in [4.78, 5) is 2.72. The molecule has 3 heteroatoms. The third-order valence-corrected chi connectivity index (χ3v) is 4.31. The summed E-state index contributed by atoms with van der Waals surface area (Å²) in [5.74, 6) is 0. The number of aliphatic hydroxyl groups is 1. The van der Waals surface area contributed by atoms with Crippen molar-refractivity contribution in [2.75, 3.05) is 0 Å². The molecule has 1 aliphatic carbocycles. The van der Waals surface area contributed by atoms with E-state index in [0.29, 0.717) is 12.1 Å². The van der Waals surface area contributed by atoms with E-state index in [2.05, 4.69) is 31.3 Å². The number of hydrogen-bond donors (Lipinski definition) is 2. The molecular weight excluding hydrogens is 206 g/mol. The Morgan fingerprint density at radius 1 is 1.47 bits per heavy atom. The lowest BCUT2D eigenvalue weighted by molar-refractivity contribution is 0.144. The van der Waals surface area contributed by atoms with Crippen LogP contribution in [0.5, 0.6) is 0 Å². The van der Waals surface area contributed by atoms with Crippen LogP contribution in [0.1, 0.15) is 42.0 Å². The van der Waals surface area contributed by atoms with E-state index >= 15 is 0 Å². The topological polar surface area (TPSA) is 32.3 Å². The summed E-state index contributed by atoms with van der Waals surface area (Å²) >= 11 is 1.84. The van der Waals surface area contributed by atoms with Gasteiger partial charge in [0.25, 0.3) is 0 Å². The third-order valence-electron chi connectivity index (χ3n) is 3.13. The van der Waals surface area contributed by atoms with E-state index in [4.69, 9.17) is 0 Å². The summed E-state index contributed by atoms with van der Waals surface area (Å²) in [7, 11) is 0. The highest BCUT2D eigenvalue weighted by Gasteiger charge is 2.26. The SMILES string of the molecule is Cc1ccc(C(C)N[C@H]2CCC[C@@H]2O)s1. The Balaban J connectivity index is 1.94. The fourth-order valence-electron chi connectivity index (χ4n) is 2.22. The second kappa shape index (κ2) is 4.64. The minimum atomic E-state index is -0.145. The average Bonchev–Trinajstić information content (AvgIpc) is 2.77. The lowest BCUT2D eigenvalue weighted by Crippen LogP contribution is -2.36. The minimum Gasteiger partial charge on any atom is -0.392 e. The third kappa shape index (κ3) is 2.60. The summed E-state index contributed by atoms with van der Waals surface area (Å²) in [6.45, 7) is 4.31. The van der Waals surface area contributed by atoms with E-state index in [1.807, 2.05) is 11.3 Å². The maximum Gasteiger partial charge on any atom is 0.0693 e. The molecule has 0 radical (unpaired) electrons. The molecule has 0 bridgehead atoms. The highest BCUT2D eigenvalue weighted by Crippen LogP contribution is 2.26. The van der Waals surface area contributed by atoms with Gasteiger partial charge >= 0.3 is 0 Å². The summed E-state index contributed by atoms with van der Waals surface area (Å²) in [5.41, 5.74) is 0. The molecule has 1 unspecified atom stereocenters. The zero-order valence-corrected chi connectivity index (χ0v) is 10.2. The first-order valence-electron chi connectivity index (χ1n) is 5.67. The summed E-state index contributed by atoms with van der Waals surface area (Å²) < 4.78 is 0.